The highest BCUT2D eigenvalue weighted by atomic mass is 19.4. The van der Waals surface area contributed by atoms with Crippen LogP contribution in [0.4, 0.5) is 18.9 Å². The molecule has 11 heteroatoms. The Bertz CT molecular complexity index is 1020. The second-order valence-corrected chi connectivity index (χ2v) is 7.99. The summed E-state index contributed by atoms with van der Waals surface area (Å²) in [6.45, 7) is 4.95. The molecule has 4 rings (SSSR count). The third-order valence-corrected chi connectivity index (χ3v) is 5.53. The number of guanidine groups is 1. The number of nitriles is 1. The van der Waals surface area contributed by atoms with Crippen molar-refractivity contribution in [3.8, 4) is 6.07 Å². The minimum atomic E-state index is -4.50. The van der Waals surface area contributed by atoms with Crippen LogP contribution in [0, 0.1) is 17.2 Å². The Balaban J connectivity index is 1.68. The van der Waals surface area contributed by atoms with Gasteiger partial charge in [0.05, 0.1) is 35.6 Å². The Morgan fingerprint density at radius 1 is 1.28 bits per heavy atom. The zero-order valence-corrected chi connectivity index (χ0v) is 17.1. The van der Waals surface area contributed by atoms with Gasteiger partial charge in [-0.2, -0.15) is 28.5 Å². The molecule has 1 aromatic rings. The molecule has 2 aliphatic heterocycles. The minimum Gasteiger partial charge on any atom is -0.391 e. The summed E-state index contributed by atoms with van der Waals surface area (Å²) >= 11 is 0. The van der Waals surface area contributed by atoms with Crippen LogP contribution in [0.1, 0.15) is 24.8 Å². The first-order valence-corrected chi connectivity index (χ1v) is 10.2. The molecule has 2 fully saturated rings. The molecule has 0 radical (unpaired) electrons. The first-order chi connectivity index (χ1) is 15.2. The highest BCUT2D eigenvalue weighted by Crippen LogP contribution is 2.32. The Morgan fingerprint density at radius 3 is 2.72 bits per heavy atom. The van der Waals surface area contributed by atoms with Gasteiger partial charge in [0.1, 0.15) is 5.84 Å². The molecule has 1 saturated carbocycles. The molecule has 8 nitrogen and oxygen atoms in total. The maximum absolute atomic E-state index is 13.2. The van der Waals surface area contributed by atoms with Crippen LogP contribution < -0.4 is 10.4 Å². The number of amidine groups is 1. The summed E-state index contributed by atoms with van der Waals surface area (Å²) in [5.41, 5.74) is -0.266. The van der Waals surface area contributed by atoms with Gasteiger partial charge in [-0.25, -0.2) is 0 Å². The van der Waals surface area contributed by atoms with Crippen molar-refractivity contribution in [2.24, 2.45) is 21.1 Å². The summed E-state index contributed by atoms with van der Waals surface area (Å²) in [4.78, 5) is 6.46. The normalized spacial score (nSPS) is 30.2. The fourth-order valence-electron chi connectivity index (χ4n) is 3.72. The number of aliphatic imine (C=N–C) groups is 1. The SMILES string of the molecule is C=C1/C=N\N(c2cccc(C(F)(F)F)c2)/N=C(NC2CC(C#N)C2)\N=C/1N1CCC(O)C1. The molecule has 1 aromatic carbocycles. The predicted molar refractivity (Wildman–Crippen MR) is 114 cm³/mol. The molecule has 0 aromatic heterocycles. The number of aliphatic hydroxyl groups excluding tert-OH is 1. The second-order valence-electron chi connectivity index (χ2n) is 7.99. The lowest BCUT2D eigenvalue weighted by molar-refractivity contribution is -0.137. The number of anilines is 1. The molecule has 1 atom stereocenters. The van der Waals surface area contributed by atoms with Crippen molar-refractivity contribution in [2.45, 2.75) is 37.6 Å². The minimum absolute atomic E-state index is 0.0346. The summed E-state index contributed by atoms with van der Waals surface area (Å²) < 4.78 is 39.5. The number of alkyl halides is 3. The predicted octanol–water partition coefficient (Wildman–Crippen LogP) is 2.70. The van der Waals surface area contributed by atoms with Gasteiger partial charge < -0.3 is 15.3 Å². The molecule has 2 heterocycles. The fraction of sp³-hybridized carbons (Fsp3) is 0.429. The summed E-state index contributed by atoms with van der Waals surface area (Å²) in [7, 11) is 0. The van der Waals surface area contributed by atoms with E-state index in [2.05, 4.69) is 33.2 Å². The molecule has 0 amide bonds. The first-order valence-electron chi connectivity index (χ1n) is 10.2. The van der Waals surface area contributed by atoms with E-state index in [0.717, 1.165) is 17.3 Å². The number of rotatable bonds is 2. The third-order valence-electron chi connectivity index (χ3n) is 5.53. The zero-order valence-electron chi connectivity index (χ0n) is 17.1. The number of nitrogens with zero attached hydrogens (tertiary/aromatic N) is 6. The second kappa shape index (κ2) is 8.63. The van der Waals surface area contributed by atoms with E-state index in [1.54, 1.807) is 0 Å². The van der Waals surface area contributed by atoms with Crippen molar-refractivity contribution in [1.29, 1.82) is 5.26 Å². The van der Waals surface area contributed by atoms with Crippen LogP contribution in [-0.2, 0) is 6.18 Å². The Hall–Kier alpha value is -3.39. The maximum atomic E-state index is 13.2. The number of hydrogen-bond acceptors (Lipinski definition) is 8. The molecule has 3 aliphatic rings. The molecular formula is C21H22F3N7O. The van der Waals surface area contributed by atoms with Gasteiger partial charge in [0, 0.05) is 24.7 Å². The van der Waals surface area contributed by atoms with Crippen LogP contribution in [0.2, 0.25) is 0 Å². The molecule has 1 unspecified atom stereocenters. The van der Waals surface area contributed by atoms with Gasteiger partial charge in [0.25, 0.3) is 0 Å². The summed E-state index contributed by atoms with van der Waals surface area (Å²) in [5, 5.41) is 31.7. The average molecular weight is 445 g/mol. The Kier molecular flexibility index (Phi) is 5.88. The van der Waals surface area contributed by atoms with E-state index in [4.69, 9.17) is 5.26 Å². The van der Waals surface area contributed by atoms with Gasteiger partial charge in [-0.15, -0.1) is 10.2 Å². The molecule has 168 valence electrons. The van der Waals surface area contributed by atoms with Crippen LogP contribution in [0.15, 0.2) is 51.6 Å². The highest BCUT2D eigenvalue weighted by molar-refractivity contribution is 6.18. The first kappa shape index (κ1) is 21.8. The van der Waals surface area contributed by atoms with E-state index in [0.29, 0.717) is 43.8 Å². The average Bonchev–Trinajstić information content (AvgIpc) is 3.14. The number of β-amino-alcohol motifs (C(OH)–C–C–N with tert-alkyl or cyclic N) is 1. The highest BCUT2D eigenvalue weighted by Gasteiger charge is 2.33. The van der Waals surface area contributed by atoms with Crippen molar-refractivity contribution in [1.82, 2.24) is 10.2 Å². The van der Waals surface area contributed by atoms with Gasteiger partial charge in [-0.05, 0) is 37.5 Å². The van der Waals surface area contributed by atoms with Crippen LogP contribution in [0.3, 0.4) is 0 Å². The Morgan fingerprint density at radius 2 is 2.06 bits per heavy atom. The van der Waals surface area contributed by atoms with Crippen molar-refractivity contribution < 1.29 is 18.3 Å². The summed E-state index contributed by atoms with van der Waals surface area (Å²) in [6, 6.07) is 6.86. The number of hydrogen-bond donors (Lipinski definition) is 2. The van der Waals surface area contributed by atoms with Crippen molar-refractivity contribution in [2.75, 3.05) is 18.2 Å². The van der Waals surface area contributed by atoms with Crippen LogP contribution in [-0.4, -0.2) is 53.3 Å². The molecule has 0 bridgehead atoms. The number of halogens is 3. The van der Waals surface area contributed by atoms with Gasteiger partial charge in [-0.1, -0.05) is 12.6 Å². The summed E-state index contributed by atoms with van der Waals surface area (Å²) in [5.74, 6) is 0.584. The van der Waals surface area contributed by atoms with Gasteiger partial charge in [-0.3, -0.25) is 0 Å². The standard InChI is InChI=1S/C21H22F3N7O/c1-13-11-26-31(17-4-2-3-15(9-17)21(22,23)24)29-20(27-16-7-14(8-16)10-25)28-19(13)30-6-5-18(32)12-30/h2-4,9,11,14,16,18,32H,1,5-8,12H2,(H,27,29)/b26-11-,28-19+. The lowest BCUT2D eigenvalue weighted by atomic mass is 9.81. The topological polar surface area (TPSA) is 99.6 Å². The molecule has 2 N–H and O–H groups in total. The monoisotopic (exact) mass is 445 g/mol. The number of hydrazone groups is 2. The fourth-order valence-corrected chi connectivity index (χ4v) is 3.72. The van der Waals surface area contributed by atoms with E-state index in [-0.39, 0.29) is 23.6 Å². The van der Waals surface area contributed by atoms with Gasteiger partial charge in [0.15, 0.2) is 0 Å². The largest absolute Gasteiger partial charge is 0.416 e. The third kappa shape index (κ3) is 4.75. The van der Waals surface area contributed by atoms with Gasteiger partial charge >= 0.3 is 6.18 Å². The zero-order chi connectivity index (χ0) is 22.9. The Labute approximate surface area is 183 Å². The van der Waals surface area contributed by atoms with Crippen molar-refractivity contribution >= 4 is 23.7 Å². The van der Waals surface area contributed by atoms with Crippen molar-refractivity contribution in [3.63, 3.8) is 0 Å². The van der Waals surface area contributed by atoms with E-state index in [1.165, 1.54) is 18.3 Å². The van der Waals surface area contributed by atoms with E-state index < -0.39 is 17.8 Å². The quantitative estimate of drug-likeness (QED) is 0.729. The van der Waals surface area contributed by atoms with E-state index in [9.17, 15) is 18.3 Å². The number of nitrogens with one attached hydrogen (secondary N) is 1. The number of aliphatic hydroxyl groups is 1. The summed E-state index contributed by atoms with van der Waals surface area (Å²) in [6.07, 6.45) is -1.76. The van der Waals surface area contributed by atoms with E-state index >= 15 is 0 Å². The van der Waals surface area contributed by atoms with Crippen LogP contribution in [0.5, 0.6) is 0 Å². The van der Waals surface area contributed by atoms with Crippen LogP contribution >= 0.6 is 0 Å². The molecule has 1 saturated heterocycles. The lowest BCUT2D eigenvalue weighted by Crippen LogP contribution is -2.45. The van der Waals surface area contributed by atoms with Crippen LogP contribution in [0.25, 0.3) is 0 Å². The smallest absolute Gasteiger partial charge is 0.391 e. The van der Waals surface area contributed by atoms with E-state index in [1.807, 2.05) is 4.90 Å². The molecule has 1 aliphatic carbocycles. The number of likely N-dealkylation sites (tertiary alicyclic amines) is 1. The molecule has 32 heavy (non-hydrogen) atoms. The lowest BCUT2D eigenvalue weighted by Gasteiger charge is -2.32. The maximum Gasteiger partial charge on any atom is 0.416 e. The number of benzene rings is 1. The molecular weight excluding hydrogens is 423 g/mol. The van der Waals surface area contributed by atoms with Gasteiger partial charge in [0.2, 0.25) is 5.96 Å². The molecule has 0 spiro atoms. The van der Waals surface area contributed by atoms with Crippen molar-refractivity contribution in [3.05, 3.63) is 42.0 Å².